The minimum atomic E-state index is -0.284. The Morgan fingerprint density at radius 1 is 0.704 bits per heavy atom. The first-order chi connectivity index (χ1) is 12.8. The molecule has 0 heterocycles. The number of esters is 2. The third-order valence-electron chi connectivity index (χ3n) is 6.11. The summed E-state index contributed by atoms with van der Waals surface area (Å²) in [5.41, 5.74) is 0.383. The van der Waals surface area contributed by atoms with Gasteiger partial charge in [-0.05, 0) is 90.9 Å². The van der Waals surface area contributed by atoms with Crippen molar-refractivity contribution in [3.8, 4) is 0 Å². The van der Waals surface area contributed by atoms with Crippen LogP contribution < -0.4 is 0 Å². The third-order valence-corrected chi connectivity index (χ3v) is 6.11. The summed E-state index contributed by atoms with van der Waals surface area (Å²) in [5.74, 6) is -0.512. The molecular weight excluding hydrogens is 340 g/mol. The molecule has 2 saturated carbocycles. The molecule has 2 aliphatic rings. The lowest BCUT2D eigenvalue weighted by Crippen LogP contribution is -2.33. The number of carbonyl (C=O) groups excluding carboxylic acids is 2. The Morgan fingerprint density at radius 3 is 1.33 bits per heavy atom. The Labute approximate surface area is 164 Å². The van der Waals surface area contributed by atoms with E-state index in [2.05, 4.69) is 13.2 Å². The van der Waals surface area contributed by atoms with Gasteiger partial charge in [-0.1, -0.05) is 19.6 Å². The van der Waals surface area contributed by atoms with Crippen LogP contribution in [0.1, 0.15) is 97.3 Å². The van der Waals surface area contributed by atoms with Crippen molar-refractivity contribution in [2.45, 2.75) is 109 Å². The van der Waals surface area contributed by atoms with Gasteiger partial charge in [0.05, 0.1) is 0 Å². The summed E-state index contributed by atoms with van der Waals surface area (Å²) in [6.45, 7) is 10.8. The quantitative estimate of drug-likeness (QED) is 0.275. The molecule has 0 unspecified atom stereocenters. The zero-order valence-corrected chi connectivity index (χ0v) is 17.2. The van der Waals surface area contributed by atoms with Crippen LogP contribution in [0.4, 0.5) is 0 Å². The molecule has 0 saturated heterocycles. The van der Waals surface area contributed by atoms with Gasteiger partial charge in [0, 0.05) is 11.1 Å². The number of rotatable bonds is 10. The molecule has 2 rings (SSSR count). The molecule has 0 aliphatic heterocycles. The van der Waals surface area contributed by atoms with Crippen LogP contribution in [0.2, 0.25) is 0 Å². The highest BCUT2D eigenvalue weighted by molar-refractivity contribution is 5.87. The summed E-state index contributed by atoms with van der Waals surface area (Å²) >= 11 is 0. The van der Waals surface area contributed by atoms with E-state index in [0.717, 1.165) is 83.5 Å². The lowest BCUT2D eigenvalue weighted by atomic mass is 9.90. The molecule has 0 N–H and O–H groups in total. The van der Waals surface area contributed by atoms with Gasteiger partial charge >= 0.3 is 11.9 Å². The van der Waals surface area contributed by atoms with Gasteiger partial charge in [0.15, 0.2) is 0 Å². The van der Waals surface area contributed by atoms with Gasteiger partial charge < -0.3 is 9.47 Å². The molecule has 0 atom stereocenters. The van der Waals surface area contributed by atoms with Crippen molar-refractivity contribution in [1.82, 2.24) is 0 Å². The highest BCUT2D eigenvalue weighted by Gasteiger charge is 2.38. The van der Waals surface area contributed by atoms with E-state index < -0.39 is 0 Å². The topological polar surface area (TPSA) is 52.6 Å². The largest absolute Gasteiger partial charge is 0.456 e. The van der Waals surface area contributed by atoms with Crippen LogP contribution in [0, 0.1) is 0 Å². The summed E-state index contributed by atoms with van der Waals surface area (Å²) in [7, 11) is 0. The Balaban J connectivity index is 1.79. The van der Waals surface area contributed by atoms with Crippen molar-refractivity contribution in [3.63, 3.8) is 0 Å². The van der Waals surface area contributed by atoms with Gasteiger partial charge in [-0.2, -0.15) is 0 Å². The molecule has 0 aromatic carbocycles. The molecule has 152 valence electrons. The summed E-state index contributed by atoms with van der Waals surface area (Å²) in [4.78, 5) is 24.0. The van der Waals surface area contributed by atoms with Crippen LogP contribution >= 0.6 is 0 Å². The molecule has 0 bridgehead atoms. The van der Waals surface area contributed by atoms with E-state index in [0.29, 0.717) is 11.1 Å². The Bertz CT molecular complexity index is 513. The molecule has 4 nitrogen and oxygen atoms in total. The predicted octanol–water partition coefficient (Wildman–Crippen LogP) is 5.80. The van der Waals surface area contributed by atoms with Crippen molar-refractivity contribution in [2.75, 3.05) is 0 Å². The Morgan fingerprint density at radius 2 is 1.04 bits per heavy atom. The molecule has 0 aromatic rings. The number of unbranched alkanes of at least 4 members (excludes halogenated alkanes) is 2. The minimum Gasteiger partial charge on any atom is -0.456 e. The van der Waals surface area contributed by atoms with Crippen molar-refractivity contribution < 1.29 is 19.1 Å². The molecule has 0 amide bonds. The SMILES string of the molecule is C=C(C)C(=O)OC1(CCCCCC2(OC(=O)C(=C)C)CCCC2)CCCC1. The lowest BCUT2D eigenvalue weighted by Gasteiger charge is -2.30. The van der Waals surface area contributed by atoms with E-state index >= 15 is 0 Å². The molecule has 0 aromatic heterocycles. The summed E-state index contributed by atoms with van der Waals surface area (Å²) < 4.78 is 11.6. The normalized spacial score (nSPS) is 20.2. The average molecular weight is 377 g/mol. The Hall–Kier alpha value is -1.58. The number of hydrogen-bond acceptors (Lipinski definition) is 4. The van der Waals surface area contributed by atoms with Gasteiger partial charge in [0.25, 0.3) is 0 Å². The Kier molecular flexibility index (Phi) is 7.69. The van der Waals surface area contributed by atoms with E-state index in [1.165, 1.54) is 0 Å². The average Bonchev–Trinajstić information content (AvgIpc) is 3.25. The van der Waals surface area contributed by atoms with Crippen molar-refractivity contribution in [1.29, 1.82) is 0 Å². The van der Waals surface area contributed by atoms with Crippen molar-refractivity contribution >= 4 is 11.9 Å². The van der Waals surface area contributed by atoms with Crippen LogP contribution in [-0.2, 0) is 19.1 Å². The maximum Gasteiger partial charge on any atom is 0.333 e. The fourth-order valence-corrected chi connectivity index (χ4v) is 4.48. The maximum atomic E-state index is 12.0. The van der Waals surface area contributed by atoms with Crippen LogP contribution in [0.3, 0.4) is 0 Å². The second-order valence-corrected chi connectivity index (χ2v) is 8.68. The highest BCUT2D eigenvalue weighted by atomic mass is 16.6. The van der Waals surface area contributed by atoms with E-state index in [1.807, 2.05) is 0 Å². The first kappa shape index (κ1) is 21.7. The molecule has 4 heteroatoms. The molecule has 0 radical (unpaired) electrons. The van der Waals surface area contributed by atoms with Crippen LogP contribution in [0.5, 0.6) is 0 Å². The zero-order valence-electron chi connectivity index (χ0n) is 17.2. The predicted molar refractivity (Wildman–Crippen MR) is 107 cm³/mol. The van der Waals surface area contributed by atoms with Crippen LogP contribution in [0.15, 0.2) is 24.3 Å². The molecule has 2 fully saturated rings. The maximum absolute atomic E-state index is 12.0. The lowest BCUT2D eigenvalue weighted by molar-refractivity contribution is -0.155. The van der Waals surface area contributed by atoms with Gasteiger partial charge in [0.2, 0.25) is 0 Å². The second-order valence-electron chi connectivity index (χ2n) is 8.68. The molecular formula is C23H36O4. The van der Waals surface area contributed by atoms with Gasteiger partial charge in [0.1, 0.15) is 11.2 Å². The van der Waals surface area contributed by atoms with Gasteiger partial charge in [-0.3, -0.25) is 0 Å². The van der Waals surface area contributed by atoms with Gasteiger partial charge in [-0.15, -0.1) is 0 Å². The summed E-state index contributed by atoms with van der Waals surface area (Å²) in [6.07, 6.45) is 13.4. The number of carbonyl (C=O) groups is 2. The van der Waals surface area contributed by atoms with Crippen LogP contribution in [0.25, 0.3) is 0 Å². The van der Waals surface area contributed by atoms with Gasteiger partial charge in [-0.25, -0.2) is 9.59 Å². The summed E-state index contributed by atoms with van der Waals surface area (Å²) in [6, 6.07) is 0. The minimum absolute atomic E-state index is 0.256. The molecule has 2 aliphatic carbocycles. The summed E-state index contributed by atoms with van der Waals surface area (Å²) in [5, 5.41) is 0. The highest BCUT2D eigenvalue weighted by Crippen LogP contribution is 2.40. The fraction of sp³-hybridized carbons (Fsp3) is 0.739. The third kappa shape index (κ3) is 6.22. The number of hydrogen-bond donors (Lipinski definition) is 0. The van der Waals surface area contributed by atoms with E-state index in [-0.39, 0.29) is 23.1 Å². The van der Waals surface area contributed by atoms with Crippen molar-refractivity contribution in [3.05, 3.63) is 24.3 Å². The van der Waals surface area contributed by atoms with Crippen LogP contribution in [-0.4, -0.2) is 23.1 Å². The fourth-order valence-electron chi connectivity index (χ4n) is 4.48. The first-order valence-corrected chi connectivity index (χ1v) is 10.6. The zero-order chi connectivity index (χ0) is 19.9. The first-order valence-electron chi connectivity index (χ1n) is 10.6. The van der Waals surface area contributed by atoms with Crippen molar-refractivity contribution in [2.24, 2.45) is 0 Å². The second kappa shape index (κ2) is 9.57. The monoisotopic (exact) mass is 376 g/mol. The molecule has 0 spiro atoms. The standard InChI is InChI=1S/C23H36O4/c1-18(2)20(24)26-22(14-8-9-15-22)12-6-5-7-13-23(16-10-11-17-23)27-21(25)19(3)4/h1,3,5-17H2,2,4H3. The van der Waals surface area contributed by atoms with E-state index in [4.69, 9.17) is 9.47 Å². The van der Waals surface area contributed by atoms with E-state index in [1.54, 1.807) is 13.8 Å². The molecule has 27 heavy (non-hydrogen) atoms. The smallest absolute Gasteiger partial charge is 0.333 e. The van der Waals surface area contributed by atoms with E-state index in [9.17, 15) is 9.59 Å². The number of ether oxygens (including phenoxy) is 2.